The third-order valence-electron chi connectivity index (χ3n) is 5.14. The van der Waals surface area contributed by atoms with Gasteiger partial charge in [-0.1, -0.05) is 42.5 Å². The fraction of sp³-hybridized carbons (Fsp3) is 0.160. The minimum Gasteiger partial charge on any atom is -0.350 e. The Kier molecular flexibility index (Phi) is 6.19. The summed E-state index contributed by atoms with van der Waals surface area (Å²) in [6, 6.07) is 22.4. The molecule has 3 aromatic carbocycles. The summed E-state index contributed by atoms with van der Waals surface area (Å²) in [5.74, 6) is 0.379. The van der Waals surface area contributed by atoms with E-state index in [0.717, 1.165) is 11.3 Å². The summed E-state index contributed by atoms with van der Waals surface area (Å²) in [5.41, 5.74) is 4.26. The van der Waals surface area contributed by atoms with E-state index in [0.29, 0.717) is 18.7 Å². The summed E-state index contributed by atoms with van der Waals surface area (Å²) < 4.78 is 15.2. The van der Waals surface area contributed by atoms with Crippen LogP contribution in [0.4, 0.5) is 4.39 Å². The number of halogens is 1. The lowest BCUT2D eigenvalue weighted by atomic mass is 10.1. The van der Waals surface area contributed by atoms with E-state index < -0.39 is 0 Å². The van der Waals surface area contributed by atoms with Crippen molar-refractivity contribution < 1.29 is 9.18 Å². The highest BCUT2D eigenvalue weighted by Crippen LogP contribution is 2.32. The lowest BCUT2D eigenvalue weighted by Gasteiger charge is -2.07. The van der Waals surface area contributed by atoms with Gasteiger partial charge in [0.15, 0.2) is 0 Å². The molecule has 1 aromatic heterocycles. The molecule has 3 nitrogen and oxygen atoms in total. The predicted molar refractivity (Wildman–Crippen MR) is 121 cm³/mol. The van der Waals surface area contributed by atoms with Crippen molar-refractivity contribution in [2.24, 2.45) is 0 Å². The molecule has 4 aromatic rings. The predicted octanol–water partition coefficient (Wildman–Crippen LogP) is 5.81. The number of rotatable bonds is 7. The molecule has 0 atom stereocenters. The maximum Gasteiger partial charge on any atom is 0.251 e. The van der Waals surface area contributed by atoms with E-state index in [-0.39, 0.29) is 11.7 Å². The Bertz CT molecular complexity index is 1170. The van der Waals surface area contributed by atoms with Crippen LogP contribution in [0.3, 0.4) is 0 Å². The normalized spacial score (nSPS) is 11.0. The van der Waals surface area contributed by atoms with Gasteiger partial charge in [-0.05, 0) is 48.4 Å². The third-order valence-corrected chi connectivity index (χ3v) is 6.23. The Labute approximate surface area is 179 Å². The minimum atomic E-state index is -0.346. The summed E-state index contributed by atoms with van der Waals surface area (Å²) in [4.78, 5) is 13.5. The minimum absolute atomic E-state index is 0.194. The quantitative estimate of drug-likeness (QED) is 0.384. The number of para-hydroxylation sites is 1. The van der Waals surface area contributed by atoms with Crippen LogP contribution in [0.5, 0.6) is 0 Å². The second-order valence-corrected chi connectivity index (χ2v) is 8.20. The first-order valence-electron chi connectivity index (χ1n) is 9.91. The Morgan fingerprint density at radius 1 is 1.00 bits per heavy atom. The zero-order valence-corrected chi connectivity index (χ0v) is 17.6. The molecule has 0 saturated carbocycles. The molecule has 1 amide bonds. The van der Waals surface area contributed by atoms with E-state index in [2.05, 4.69) is 65.5 Å². The van der Waals surface area contributed by atoms with Crippen LogP contribution in [-0.2, 0) is 12.3 Å². The second-order valence-electron chi connectivity index (χ2n) is 7.18. The monoisotopic (exact) mass is 418 g/mol. The molecule has 1 N–H and O–H groups in total. The molecule has 0 bridgehead atoms. The maximum atomic E-state index is 13.0. The van der Waals surface area contributed by atoms with Gasteiger partial charge in [-0.15, -0.1) is 11.8 Å². The maximum absolute atomic E-state index is 13.0. The zero-order chi connectivity index (χ0) is 20.9. The lowest BCUT2D eigenvalue weighted by Crippen LogP contribution is -2.27. The number of aryl methyl sites for hydroxylation is 1. The Hall–Kier alpha value is -3.05. The van der Waals surface area contributed by atoms with Crippen LogP contribution >= 0.6 is 11.8 Å². The molecule has 0 saturated heterocycles. The first-order chi connectivity index (χ1) is 14.6. The molecule has 0 aliphatic heterocycles. The van der Waals surface area contributed by atoms with Crippen LogP contribution in [0.15, 0.2) is 83.9 Å². The average Bonchev–Trinajstić information content (AvgIpc) is 3.11. The van der Waals surface area contributed by atoms with Crippen LogP contribution in [0.1, 0.15) is 21.5 Å². The number of carbonyl (C=O) groups excluding carboxylic acids is 1. The fourth-order valence-electron chi connectivity index (χ4n) is 3.43. The molecule has 0 fully saturated rings. The molecule has 5 heteroatoms. The van der Waals surface area contributed by atoms with Crippen LogP contribution in [0.25, 0.3) is 10.9 Å². The number of hydrogen-bond donors (Lipinski definition) is 1. The van der Waals surface area contributed by atoms with Crippen LogP contribution in [0, 0.1) is 12.7 Å². The van der Waals surface area contributed by atoms with Gasteiger partial charge in [-0.3, -0.25) is 4.79 Å². The van der Waals surface area contributed by atoms with E-state index in [1.54, 1.807) is 0 Å². The number of carbonyl (C=O) groups is 1. The zero-order valence-electron chi connectivity index (χ0n) is 16.8. The number of thioether (sulfide) groups is 1. The fourth-order valence-corrected chi connectivity index (χ4v) is 4.60. The van der Waals surface area contributed by atoms with Gasteiger partial charge >= 0.3 is 0 Å². The molecule has 0 aliphatic carbocycles. The topological polar surface area (TPSA) is 34.0 Å². The molecular formula is C25H23FN2OS. The van der Waals surface area contributed by atoms with Crippen LogP contribution in [0.2, 0.25) is 0 Å². The second kappa shape index (κ2) is 9.18. The summed E-state index contributed by atoms with van der Waals surface area (Å²) in [7, 11) is 0. The number of nitrogens with one attached hydrogen (secondary N) is 1. The molecule has 4 rings (SSSR count). The standard InChI is InChI=1S/C25H23FN2OS/c1-18-6-2-3-7-20(18)17-30-24-16-28(23-9-5-4-8-22(23)24)15-14-27-25(29)19-10-12-21(26)13-11-19/h2-13,16H,14-15,17H2,1H3,(H,27,29). The van der Waals surface area contributed by atoms with Crippen molar-refractivity contribution in [2.45, 2.75) is 24.1 Å². The Balaban J connectivity index is 1.44. The Morgan fingerprint density at radius 2 is 1.73 bits per heavy atom. The lowest BCUT2D eigenvalue weighted by molar-refractivity contribution is 0.0952. The molecule has 0 unspecified atom stereocenters. The molecule has 30 heavy (non-hydrogen) atoms. The summed E-state index contributed by atoms with van der Waals surface area (Å²) in [6.45, 7) is 3.30. The van der Waals surface area contributed by atoms with Gasteiger partial charge in [0.25, 0.3) is 5.91 Å². The van der Waals surface area contributed by atoms with E-state index in [1.807, 2.05) is 17.8 Å². The average molecular weight is 419 g/mol. The summed E-state index contributed by atoms with van der Waals surface area (Å²) in [5, 5.41) is 4.14. The first kappa shape index (κ1) is 20.2. The van der Waals surface area contributed by atoms with Gasteiger partial charge in [-0.2, -0.15) is 0 Å². The highest BCUT2D eigenvalue weighted by molar-refractivity contribution is 7.98. The van der Waals surface area contributed by atoms with Crippen molar-refractivity contribution in [3.63, 3.8) is 0 Å². The van der Waals surface area contributed by atoms with Gasteiger partial charge in [-0.25, -0.2) is 4.39 Å². The number of benzene rings is 3. The van der Waals surface area contributed by atoms with E-state index in [1.165, 1.54) is 45.7 Å². The number of fused-ring (bicyclic) bond motifs is 1. The molecular weight excluding hydrogens is 395 g/mol. The van der Waals surface area contributed by atoms with Crippen molar-refractivity contribution in [1.82, 2.24) is 9.88 Å². The largest absolute Gasteiger partial charge is 0.350 e. The van der Waals surface area contributed by atoms with Gasteiger partial charge in [0.05, 0.1) is 0 Å². The number of hydrogen-bond acceptors (Lipinski definition) is 2. The molecule has 152 valence electrons. The van der Waals surface area contributed by atoms with Gasteiger partial charge in [0, 0.05) is 46.4 Å². The summed E-state index contributed by atoms with van der Waals surface area (Å²) >= 11 is 1.83. The van der Waals surface area contributed by atoms with Crippen molar-refractivity contribution in [2.75, 3.05) is 6.54 Å². The number of aromatic nitrogens is 1. The van der Waals surface area contributed by atoms with Crippen molar-refractivity contribution in [1.29, 1.82) is 0 Å². The number of amides is 1. The van der Waals surface area contributed by atoms with E-state index in [4.69, 9.17) is 0 Å². The molecule has 0 radical (unpaired) electrons. The highest BCUT2D eigenvalue weighted by Gasteiger charge is 2.10. The first-order valence-corrected chi connectivity index (χ1v) is 10.9. The van der Waals surface area contributed by atoms with Gasteiger partial charge in [0.1, 0.15) is 5.82 Å². The van der Waals surface area contributed by atoms with Crippen molar-refractivity contribution >= 4 is 28.6 Å². The smallest absolute Gasteiger partial charge is 0.251 e. The van der Waals surface area contributed by atoms with Crippen molar-refractivity contribution in [3.05, 3.63) is 102 Å². The van der Waals surface area contributed by atoms with Crippen molar-refractivity contribution in [3.8, 4) is 0 Å². The number of nitrogens with zero attached hydrogens (tertiary/aromatic N) is 1. The highest BCUT2D eigenvalue weighted by atomic mass is 32.2. The molecule has 0 aliphatic rings. The third kappa shape index (κ3) is 4.57. The van der Waals surface area contributed by atoms with Gasteiger partial charge < -0.3 is 9.88 Å². The van der Waals surface area contributed by atoms with E-state index >= 15 is 0 Å². The van der Waals surface area contributed by atoms with E-state index in [9.17, 15) is 9.18 Å². The SMILES string of the molecule is Cc1ccccc1CSc1cn(CCNC(=O)c2ccc(F)cc2)c2ccccc12. The summed E-state index contributed by atoms with van der Waals surface area (Å²) in [6.07, 6.45) is 2.16. The van der Waals surface area contributed by atoms with Crippen LogP contribution in [-0.4, -0.2) is 17.0 Å². The molecule has 0 spiro atoms. The van der Waals surface area contributed by atoms with Crippen LogP contribution < -0.4 is 5.32 Å². The Morgan fingerprint density at radius 3 is 2.53 bits per heavy atom. The molecule has 1 heterocycles. The van der Waals surface area contributed by atoms with Gasteiger partial charge in [0.2, 0.25) is 0 Å².